The monoisotopic (exact) mass is 428 g/mol. The largest absolute Gasteiger partial charge is 0.495 e. The van der Waals surface area contributed by atoms with Gasteiger partial charge in [0.25, 0.3) is 5.91 Å². The molecule has 1 aliphatic heterocycles. The van der Waals surface area contributed by atoms with Crippen molar-refractivity contribution < 1.29 is 27.1 Å². The molecule has 0 spiro atoms. The molecule has 7 nitrogen and oxygen atoms in total. The van der Waals surface area contributed by atoms with Gasteiger partial charge >= 0.3 is 0 Å². The van der Waals surface area contributed by atoms with Gasteiger partial charge in [0.05, 0.1) is 36.5 Å². The molecule has 0 aliphatic carbocycles. The molecule has 150 valence electrons. The van der Waals surface area contributed by atoms with Gasteiger partial charge in [0.2, 0.25) is 10.0 Å². The minimum Gasteiger partial charge on any atom is -0.495 e. The molecule has 1 fully saturated rings. The van der Waals surface area contributed by atoms with Crippen LogP contribution in [0.4, 0.5) is 10.1 Å². The normalized spacial score (nSPS) is 15.2. The molecular weight excluding hydrogens is 411 g/mol. The van der Waals surface area contributed by atoms with Gasteiger partial charge in [0.15, 0.2) is 0 Å². The highest BCUT2D eigenvalue weighted by Gasteiger charge is 2.28. The Kier molecular flexibility index (Phi) is 6.19. The summed E-state index contributed by atoms with van der Waals surface area (Å²) < 4.78 is 51.3. The smallest absolute Gasteiger partial charge is 0.258 e. The van der Waals surface area contributed by atoms with E-state index in [1.54, 1.807) is 12.1 Å². The van der Waals surface area contributed by atoms with Crippen LogP contribution in [0.5, 0.6) is 5.75 Å². The number of ether oxygens (including phenoxy) is 2. The summed E-state index contributed by atoms with van der Waals surface area (Å²) in [7, 11) is -2.45. The lowest BCUT2D eigenvalue weighted by Crippen LogP contribution is -2.40. The molecule has 2 aromatic rings. The van der Waals surface area contributed by atoms with E-state index in [2.05, 4.69) is 5.32 Å². The van der Waals surface area contributed by atoms with E-state index in [0.717, 1.165) is 18.2 Å². The van der Waals surface area contributed by atoms with Crippen molar-refractivity contribution in [2.24, 2.45) is 0 Å². The van der Waals surface area contributed by atoms with E-state index >= 15 is 0 Å². The third-order valence-electron chi connectivity index (χ3n) is 4.20. The third kappa shape index (κ3) is 4.27. The highest BCUT2D eigenvalue weighted by Crippen LogP contribution is 2.29. The summed E-state index contributed by atoms with van der Waals surface area (Å²) in [6, 6.07) is 7.69. The highest BCUT2D eigenvalue weighted by atomic mass is 35.5. The Labute approximate surface area is 167 Å². The van der Waals surface area contributed by atoms with Crippen molar-refractivity contribution in [3.63, 3.8) is 0 Å². The number of sulfonamides is 1. The van der Waals surface area contributed by atoms with Crippen molar-refractivity contribution in [2.45, 2.75) is 4.90 Å². The van der Waals surface area contributed by atoms with Crippen molar-refractivity contribution in [1.82, 2.24) is 4.31 Å². The van der Waals surface area contributed by atoms with E-state index in [0.29, 0.717) is 10.8 Å². The summed E-state index contributed by atoms with van der Waals surface area (Å²) >= 11 is 5.93. The molecule has 0 unspecified atom stereocenters. The van der Waals surface area contributed by atoms with Gasteiger partial charge in [-0.1, -0.05) is 11.6 Å². The number of nitrogens with zero attached hydrogens (tertiary/aromatic N) is 1. The number of amides is 1. The standard InChI is InChI=1S/C18H18ClFN2O5S/c1-26-17-5-2-12(19)10-16(17)21-18(23)14-11-13(3-4-15(14)20)28(24,25)22-6-8-27-9-7-22/h2-5,10-11H,6-9H2,1H3,(H,21,23). The Hall–Kier alpha value is -2.20. The van der Waals surface area contributed by atoms with Crippen LogP contribution in [0.3, 0.4) is 0 Å². The Bertz CT molecular complexity index is 993. The number of hydrogen-bond acceptors (Lipinski definition) is 5. The number of carbonyl (C=O) groups excluding carboxylic acids is 1. The molecule has 2 aromatic carbocycles. The Balaban J connectivity index is 1.91. The van der Waals surface area contributed by atoms with Crippen LogP contribution in [0.2, 0.25) is 5.02 Å². The molecule has 1 N–H and O–H groups in total. The number of carbonyl (C=O) groups is 1. The van der Waals surface area contributed by atoms with Crippen LogP contribution in [0.1, 0.15) is 10.4 Å². The van der Waals surface area contributed by atoms with Gasteiger partial charge in [-0.2, -0.15) is 4.31 Å². The topological polar surface area (TPSA) is 84.9 Å². The van der Waals surface area contributed by atoms with Crippen LogP contribution in [0, 0.1) is 5.82 Å². The molecule has 1 aliphatic rings. The summed E-state index contributed by atoms with van der Waals surface area (Å²) in [4.78, 5) is 12.4. The fourth-order valence-electron chi connectivity index (χ4n) is 2.74. The van der Waals surface area contributed by atoms with E-state index in [1.807, 2.05) is 0 Å². The summed E-state index contributed by atoms with van der Waals surface area (Å²) in [5.74, 6) is -1.34. The van der Waals surface area contributed by atoms with Crippen LogP contribution in [0.25, 0.3) is 0 Å². The predicted octanol–water partition coefficient (Wildman–Crippen LogP) is 2.76. The molecule has 0 bridgehead atoms. The van der Waals surface area contributed by atoms with E-state index in [1.165, 1.54) is 17.5 Å². The van der Waals surface area contributed by atoms with E-state index in [4.69, 9.17) is 21.1 Å². The zero-order valence-electron chi connectivity index (χ0n) is 14.9. The maximum atomic E-state index is 14.3. The minimum atomic E-state index is -3.87. The molecule has 0 atom stereocenters. The number of nitrogens with one attached hydrogen (secondary N) is 1. The predicted molar refractivity (Wildman–Crippen MR) is 102 cm³/mol. The molecule has 10 heteroatoms. The van der Waals surface area contributed by atoms with Gasteiger partial charge in [-0.15, -0.1) is 0 Å². The summed E-state index contributed by atoms with van der Waals surface area (Å²) in [6.45, 7) is 0.951. The second-order valence-corrected chi connectivity index (χ2v) is 8.33. The number of morpholine rings is 1. The van der Waals surface area contributed by atoms with Crippen LogP contribution in [-0.2, 0) is 14.8 Å². The number of rotatable bonds is 5. The number of benzene rings is 2. The van der Waals surface area contributed by atoms with Crippen molar-refractivity contribution in [2.75, 3.05) is 38.7 Å². The van der Waals surface area contributed by atoms with Gasteiger partial charge in [-0.3, -0.25) is 4.79 Å². The maximum absolute atomic E-state index is 14.3. The maximum Gasteiger partial charge on any atom is 0.258 e. The number of methoxy groups -OCH3 is 1. The summed E-state index contributed by atoms with van der Waals surface area (Å²) in [6.07, 6.45) is 0. The van der Waals surface area contributed by atoms with Crippen LogP contribution >= 0.6 is 11.6 Å². The Morgan fingerprint density at radius 2 is 1.93 bits per heavy atom. The first-order valence-corrected chi connectivity index (χ1v) is 10.2. The lowest BCUT2D eigenvalue weighted by molar-refractivity contribution is 0.0730. The highest BCUT2D eigenvalue weighted by molar-refractivity contribution is 7.89. The Morgan fingerprint density at radius 1 is 1.21 bits per heavy atom. The van der Waals surface area contributed by atoms with Crippen molar-refractivity contribution in [3.8, 4) is 5.75 Å². The van der Waals surface area contributed by atoms with Gasteiger partial charge < -0.3 is 14.8 Å². The SMILES string of the molecule is COc1ccc(Cl)cc1NC(=O)c1cc(S(=O)(=O)N2CCOCC2)ccc1F. The average Bonchev–Trinajstić information content (AvgIpc) is 2.69. The fraction of sp³-hybridized carbons (Fsp3) is 0.278. The number of hydrogen-bond donors (Lipinski definition) is 1. The van der Waals surface area contributed by atoms with Crippen molar-refractivity contribution in [1.29, 1.82) is 0 Å². The lowest BCUT2D eigenvalue weighted by Gasteiger charge is -2.26. The van der Waals surface area contributed by atoms with Gasteiger partial charge in [0, 0.05) is 18.1 Å². The molecule has 1 amide bonds. The van der Waals surface area contributed by atoms with Crippen LogP contribution in [-0.4, -0.2) is 52.0 Å². The first-order valence-electron chi connectivity index (χ1n) is 8.35. The molecule has 28 heavy (non-hydrogen) atoms. The summed E-state index contributed by atoms with van der Waals surface area (Å²) in [5.41, 5.74) is -0.169. The van der Waals surface area contributed by atoms with Gasteiger partial charge in [-0.05, 0) is 36.4 Å². The van der Waals surface area contributed by atoms with E-state index in [9.17, 15) is 17.6 Å². The van der Waals surface area contributed by atoms with E-state index < -0.39 is 27.3 Å². The van der Waals surface area contributed by atoms with Crippen LogP contribution in [0.15, 0.2) is 41.3 Å². The lowest BCUT2D eigenvalue weighted by atomic mass is 10.2. The van der Waals surface area contributed by atoms with Crippen molar-refractivity contribution >= 4 is 33.2 Å². The Morgan fingerprint density at radius 3 is 2.61 bits per heavy atom. The molecule has 1 heterocycles. The molecule has 0 saturated carbocycles. The number of halogens is 2. The van der Waals surface area contributed by atoms with Gasteiger partial charge in [0.1, 0.15) is 11.6 Å². The molecule has 1 saturated heterocycles. The molecule has 0 radical (unpaired) electrons. The minimum absolute atomic E-state index is 0.168. The average molecular weight is 429 g/mol. The molecule has 3 rings (SSSR count). The van der Waals surface area contributed by atoms with E-state index in [-0.39, 0.29) is 36.9 Å². The molecule has 0 aromatic heterocycles. The fourth-order valence-corrected chi connectivity index (χ4v) is 4.35. The van der Waals surface area contributed by atoms with Crippen molar-refractivity contribution in [3.05, 3.63) is 52.8 Å². The second kappa shape index (κ2) is 8.44. The number of anilines is 1. The zero-order valence-corrected chi connectivity index (χ0v) is 16.5. The van der Waals surface area contributed by atoms with Crippen LogP contribution < -0.4 is 10.1 Å². The summed E-state index contributed by atoms with van der Waals surface area (Å²) in [5, 5.41) is 2.85. The first kappa shape index (κ1) is 20.5. The second-order valence-electron chi connectivity index (χ2n) is 5.96. The molecular formula is C18H18ClFN2O5S. The van der Waals surface area contributed by atoms with Gasteiger partial charge in [-0.25, -0.2) is 12.8 Å². The third-order valence-corrected chi connectivity index (χ3v) is 6.33. The first-order chi connectivity index (χ1) is 13.3. The zero-order chi connectivity index (χ0) is 20.3. The quantitative estimate of drug-likeness (QED) is 0.791.